The van der Waals surface area contributed by atoms with Crippen LogP contribution < -0.4 is 56.7 Å². The fraction of sp³-hybridized carbons (Fsp3) is 0.650. The van der Waals surface area contributed by atoms with Gasteiger partial charge in [-0.05, 0) is 68.5 Å². The third-order valence-corrected chi connectivity index (χ3v) is 7.99. The van der Waals surface area contributed by atoms with Crippen LogP contribution in [-0.4, -0.2) is 28.8 Å². The summed E-state index contributed by atoms with van der Waals surface area (Å²) in [7, 11) is -0.584. The Labute approximate surface area is 218 Å². The van der Waals surface area contributed by atoms with E-state index in [0.29, 0.717) is 10.3 Å². The molecule has 0 saturated carbocycles. The normalized spacial score (nSPS) is 15.8. The maximum atomic E-state index is 7.75. The first kappa shape index (κ1) is 31.9. The molecule has 1 N–H and O–H groups in total. The van der Waals surface area contributed by atoms with E-state index >= 15 is 0 Å². The van der Waals surface area contributed by atoms with Crippen LogP contribution in [0.1, 0.15) is 62.3 Å². The quantitative estimate of drug-likeness (QED) is 0.284. The molecule has 26 heavy (non-hydrogen) atoms. The number of hydrogen-bond acceptors (Lipinski definition) is 2. The Morgan fingerprint density at radius 1 is 1.04 bits per heavy atom. The van der Waals surface area contributed by atoms with E-state index in [0.717, 1.165) is 11.9 Å². The Morgan fingerprint density at radius 2 is 1.50 bits per heavy atom. The van der Waals surface area contributed by atoms with Gasteiger partial charge in [-0.25, -0.2) is 0 Å². The van der Waals surface area contributed by atoms with Crippen LogP contribution in [0.15, 0.2) is 35.8 Å². The second-order valence-electron chi connectivity index (χ2n) is 9.25. The van der Waals surface area contributed by atoms with Crippen LogP contribution in [0.4, 0.5) is 0 Å². The molecule has 1 aliphatic rings. The average molecular weight is 493 g/mol. The molecule has 1 rings (SSSR count). The number of rotatable bonds is 3. The summed E-state index contributed by atoms with van der Waals surface area (Å²) in [6, 6.07) is 0. The summed E-state index contributed by atoms with van der Waals surface area (Å²) in [5.41, 5.74) is 2.32. The van der Waals surface area contributed by atoms with Crippen molar-refractivity contribution < 1.29 is 75.7 Å². The van der Waals surface area contributed by atoms with Gasteiger partial charge in [0.2, 0.25) is 0 Å². The monoisotopic (exact) mass is 493 g/mol. The Bertz CT molecular complexity index is 483. The van der Waals surface area contributed by atoms with Crippen LogP contribution >= 0.6 is 7.92 Å². The molecule has 0 fully saturated rings. The fourth-order valence-corrected chi connectivity index (χ4v) is 6.67. The molecule has 0 aliphatic carbocycles. The van der Waals surface area contributed by atoms with Crippen molar-refractivity contribution in [3.8, 4) is 0 Å². The van der Waals surface area contributed by atoms with E-state index in [1.54, 1.807) is 0 Å². The fourth-order valence-electron chi connectivity index (χ4n) is 2.80. The van der Waals surface area contributed by atoms with E-state index in [1.165, 1.54) is 5.70 Å². The van der Waals surface area contributed by atoms with Crippen LogP contribution in [0, 0.1) is 0 Å². The number of allylic oxidation sites excluding steroid dienone is 4. The van der Waals surface area contributed by atoms with Gasteiger partial charge in [0.05, 0.1) is 16.5 Å². The van der Waals surface area contributed by atoms with Crippen molar-refractivity contribution in [2.45, 2.75) is 78.2 Å². The molecule has 6 heteroatoms. The molecule has 1 heterocycles. The minimum absolute atomic E-state index is 0. The zero-order valence-electron chi connectivity index (χ0n) is 18.3. The molecule has 3 nitrogen and oxygen atoms in total. The van der Waals surface area contributed by atoms with Crippen LogP contribution in [0.2, 0.25) is 0 Å². The first-order chi connectivity index (χ1) is 10.8. The Morgan fingerprint density at radius 3 is 1.88 bits per heavy atom. The van der Waals surface area contributed by atoms with Crippen LogP contribution in [0.5, 0.6) is 0 Å². The molecule has 0 bridgehead atoms. The molecule has 0 amide bonds. The Balaban J connectivity index is -0.00000127. The van der Waals surface area contributed by atoms with E-state index in [1.807, 2.05) is 6.20 Å². The predicted octanol–water partition coefficient (Wildman–Crippen LogP) is 2.31. The molecule has 1 aliphatic heterocycles. The average Bonchev–Trinajstić information content (AvgIpc) is 2.42. The molecule has 144 valence electrons. The molecule has 0 spiro atoms. The summed E-state index contributed by atoms with van der Waals surface area (Å²) in [6.07, 6.45) is 9.53. The van der Waals surface area contributed by atoms with Crippen LogP contribution in [0.25, 0.3) is 5.32 Å². The van der Waals surface area contributed by atoms with E-state index in [2.05, 4.69) is 92.6 Å². The van der Waals surface area contributed by atoms with Crippen molar-refractivity contribution in [3.05, 3.63) is 41.1 Å². The molecule has 0 unspecified atom stereocenters. The van der Waals surface area contributed by atoms with Gasteiger partial charge in [0, 0.05) is 13.5 Å². The van der Waals surface area contributed by atoms with Crippen molar-refractivity contribution in [2.75, 3.05) is 6.16 Å². The van der Waals surface area contributed by atoms with Crippen molar-refractivity contribution in [1.82, 2.24) is 5.32 Å². The SMILES string of the molecule is CC(C)(C)NC=C1C=CC=C(C[PH+](C(C)(C)C)C(C)(C)C)[N-]1.[CH-]=O.[K+].[RuH+3]. The third-order valence-electron chi connectivity index (χ3n) is 3.65. The summed E-state index contributed by atoms with van der Waals surface area (Å²) >= 11 is 0. The molecule has 0 atom stereocenters. The summed E-state index contributed by atoms with van der Waals surface area (Å²) in [4.78, 5) is 7.75. The van der Waals surface area contributed by atoms with Gasteiger partial charge in [0.1, 0.15) is 0 Å². The van der Waals surface area contributed by atoms with Gasteiger partial charge >= 0.3 is 70.9 Å². The van der Waals surface area contributed by atoms with E-state index in [4.69, 9.17) is 10.1 Å². The molecule has 0 aromatic heterocycles. The van der Waals surface area contributed by atoms with E-state index in [9.17, 15) is 0 Å². The zero-order chi connectivity index (χ0) is 19.2. The second kappa shape index (κ2) is 13.4. The molecular weight excluding hydrogens is 455 g/mol. The van der Waals surface area contributed by atoms with Crippen molar-refractivity contribution in [3.63, 3.8) is 0 Å². The second-order valence-corrected chi connectivity index (χ2v) is 13.6. The Kier molecular flexibility index (Phi) is 16.4. The summed E-state index contributed by atoms with van der Waals surface area (Å²) < 4.78 is 0. The van der Waals surface area contributed by atoms with Gasteiger partial charge in [0.25, 0.3) is 0 Å². The van der Waals surface area contributed by atoms with Gasteiger partial charge in [-0.3, -0.25) is 6.79 Å². The number of carbonyl (C=O) groups excluding carboxylic acids is 1. The summed E-state index contributed by atoms with van der Waals surface area (Å²) in [5.74, 6) is 0. The van der Waals surface area contributed by atoms with Crippen molar-refractivity contribution >= 4 is 14.7 Å². The van der Waals surface area contributed by atoms with Gasteiger partial charge in [-0.15, -0.1) is 11.4 Å². The van der Waals surface area contributed by atoms with Gasteiger partial charge in [0.15, 0.2) is 0 Å². The zero-order valence-corrected chi connectivity index (χ0v) is 24.3. The van der Waals surface area contributed by atoms with Gasteiger partial charge in [-0.1, -0.05) is 18.2 Å². The number of nitrogens with one attached hydrogen (secondary N) is 1. The molecule has 0 aromatic carbocycles. The van der Waals surface area contributed by atoms with E-state index in [-0.39, 0.29) is 76.4 Å². The minimum atomic E-state index is -0.584. The van der Waals surface area contributed by atoms with Gasteiger partial charge < -0.3 is 15.4 Å². The molecular formula is C20H37KN2OPRu+3. The first-order valence-electron chi connectivity index (χ1n) is 8.46. The molecule has 0 aromatic rings. The molecule has 0 saturated heterocycles. The molecule has 1 radical (unpaired) electrons. The predicted molar refractivity (Wildman–Crippen MR) is 112 cm³/mol. The topological polar surface area (TPSA) is 43.2 Å². The maximum absolute atomic E-state index is 7.75. The summed E-state index contributed by atoms with van der Waals surface area (Å²) in [6.45, 7) is 24.0. The van der Waals surface area contributed by atoms with E-state index < -0.39 is 7.92 Å². The number of nitrogens with zero attached hydrogens (tertiary/aromatic N) is 1. The van der Waals surface area contributed by atoms with Gasteiger partial charge in [-0.2, -0.15) is 0 Å². The van der Waals surface area contributed by atoms with Crippen molar-refractivity contribution in [2.24, 2.45) is 0 Å². The number of hydrogen-bond donors (Lipinski definition) is 1. The van der Waals surface area contributed by atoms with Crippen LogP contribution in [0.3, 0.4) is 0 Å². The van der Waals surface area contributed by atoms with Crippen molar-refractivity contribution in [1.29, 1.82) is 0 Å². The Hall–Kier alpha value is 1.18. The standard InChI is InChI=1S/C19H34N2P.CHO.K.Ru.H/c1-17(2,3)20-13-15-11-10-12-16(21-15)14-22(18(4,5)6)19(7,8)9;1-2;;;/h10-13,20H,14H2,1-9H3;1H;;;/q2*-1;+1;+3;/p+1. The first-order valence-corrected chi connectivity index (χ1v) is 10.2. The third kappa shape index (κ3) is 13.4. The van der Waals surface area contributed by atoms with Crippen LogP contribution in [-0.2, 0) is 24.3 Å². The summed E-state index contributed by atoms with van der Waals surface area (Å²) in [5, 5.41) is 8.99.